The van der Waals surface area contributed by atoms with Gasteiger partial charge in [-0.2, -0.15) is 0 Å². The van der Waals surface area contributed by atoms with Gasteiger partial charge >= 0.3 is 0 Å². The van der Waals surface area contributed by atoms with Crippen molar-refractivity contribution < 1.29 is 0 Å². The maximum absolute atomic E-state index is 4.49. The first-order valence-electron chi connectivity index (χ1n) is 7.09. The Bertz CT molecular complexity index is 409. The molecule has 1 rings (SSSR count). The van der Waals surface area contributed by atoms with Crippen LogP contribution in [0.2, 0.25) is 0 Å². The average molecular weight is 373 g/mol. The summed E-state index contributed by atoms with van der Waals surface area (Å²) in [6.07, 6.45) is 9.73. The van der Waals surface area contributed by atoms with Crippen molar-refractivity contribution in [3.63, 3.8) is 0 Å². The van der Waals surface area contributed by atoms with Crippen LogP contribution >= 0.6 is 22.6 Å². The Morgan fingerprint density at radius 2 is 1.84 bits per heavy atom. The lowest BCUT2D eigenvalue weighted by Crippen LogP contribution is -2.28. The first-order chi connectivity index (χ1) is 8.46. The van der Waals surface area contributed by atoms with E-state index in [4.69, 9.17) is 0 Å². The van der Waals surface area contributed by atoms with E-state index in [1.54, 1.807) is 0 Å². The molecule has 0 N–H and O–H groups in total. The first-order valence-corrected chi connectivity index (χ1v) is 8.17. The molecule has 1 atom stereocenters. The van der Waals surface area contributed by atoms with E-state index >= 15 is 0 Å². The second-order valence-electron chi connectivity index (χ2n) is 7.55. The van der Waals surface area contributed by atoms with Gasteiger partial charge in [0.15, 0.2) is 0 Å². The fourth-order valence-corrected chi connectivity index (χ4v) is 2.79. The molecule has 0 fully saturated rings. The summed E-state index contributed by atoms with van der Waals surface area (Å²) in [5.74, 6) is 0.681. The average Bonchev–Trinajstić information content (AvgIpc) is 2.37. The summed E-state index contributed by atoms with van der Waals surface area (Å²) >= 11 is 2.42. The Labute approximate surface area is 132 Å². The van der Waals surface area contributed by atoms with Gasteiger partial charge in [-0.05, 0) is 35.7 Å². The molecule has 0 amide bonds. The van der Waals surface area contributed by atoms with Crippen molar-refractivity contribution >= 4 is 28.8 Å². The molecule has 1 nitrogen and oxygen atoms in total. The van der Waals surface area contributed by atoms with Gasteiger partial charge in [0.25, 0.3) is 0 Å². The summed E-state index contributed by atoms with van der Waals surface area (Å²) in [5.41, 5.74) is 1.82. The van der Waals surface area contributed by atoms with Gasteiger partial charge in [-0.3, -0.25) is 4.99 Å². The minimum atomic E-state index is 0.0274. The summed E-state index contributed by atoms with van der Waals surface area (Å²) in [6, 6.07) is 0. The Balaban J connectivity index is 2.96. The molecule has 0 aromatic rings. The lowest BCUT2D eigenvalue weighted by atomic mass is 9.67. The van der Waals surface area contributed by atoms with Crippen LogP contribution in [0.5, 0.6) is 0 Å². The smallest absolute Gasteiger partial charge is 0.0727 e. The van der Waals surface area contributed by atoms with E-state index in [1.807, 2.05) is 12.4 Å². The zero-order chi connectivity index (χ0) is 14.9. The van der Waals surface area contributed by atoms with Crippen molar-refractivity contribution in [2.24, 2.45) is 21.7 Å². The highest BCUT2D eigenvalue weighted by Gasteiger charge is 2.33. The van der Waals surface area contributed by atoms with Crippen molar-refractivity contribution in [3.8, 4) is 0 Å². The second-order valence-corrected chi connectivity index (χ2v) is 9.88. The van der Waals surface area contributed by atoms with Gasteiger partial charge in [0.05, 0.1) is 3.42 Å². The van der Waals surface area contributed by atoms with Gasteiger partial charge in [0.2, 0.25) is 0 Å². The van der Waals surface area contributed by atoms with Crippen molar-refractivity contribution in [1.29, 1.82) is 0 Å². The first kappa shape index (κ1) is 16.9. The van der Waals surface area contributed by atoms with E-state index in [1.165, 1.54) is 12.0 Å². The van der Waals surface area contributed by atoms with E-state index in [2.05, 4.69) is 88.2 Å². The van der Waals surface area contributed by atoms with Crippen molar-refractivity contribution in [2.75, 3.05) is 0 Å². The van der Waals surface area contributed by atoms with Crippen molar-refractivity contribution in [2.45, 2.75) is 58.3 Å². The highest BCUT2D eigenvalue weighted by molar-refractivity contribution is 14.1. The molecule has 0 bridgehead atoms. The van der Waals surface area contributed by atoms with E-state index < -0.39 is 0 Å². The number of hydrogen-bond acceptors (Lipinski definition) is 1. The molecule has 0 aliphatic carbocycles. The van der Waals surface area contributed by atoms with Crippen molar-refractivity contribution in [3.05, 3.63) is 23.9 Å². The Morgan fingerprint density at radius 3 is 2.37 bits per heavy atom. The Hall–Kier alpha value is -0.120. The fraction of sp³-hybridized carbons (Fsp3) is 0.706. The largest absolute Gasteiger partial charge is 0.267 e. The monoisotopic (exact) mass is 373 g/mol. The fourth-order valence-electron chi connectivity index (χ4n) is 2.45. The molecule has 0 radical (unpaired) electrons. The van der Waals surface area contributed by atoms with Crippen molar-refractivity contribution in [1.82, 2.24) is 0 Å². The number of halogens is 1. The minimum Gasteiger partial charge on any atom is -0.267 e. The SMILES string of the molecule is CC(C)C(C)(C)CC(C)(C)C1=CN=CC(C)(I)C=C1. The summed E-state index contributed by atoms with van der Waals surface area (Å²) in [4.78, 5) is 4.49. The second kappa shape index (κ2) is 5.71. The molecule has 1 aliphatic heterocycles. The van der Waals surface area contributed by atoms with Crippen LogP contribution in [0.1, 0.15) is 54.9 Å². The highest BCUT2D eigenvalue weighted by Crippen LogP contribution is 2.44. The number of alkyl halides is 1. The van der Waals surface area contributed by atoms with Gasteiger partial charge in [-0.25, -0.2) is 0 Å². The third-order valence-electron chi connectivity index (χ3n) is 4.37. The maximum atomic E-state index is 4.49. The summed E-state index contributed by atoms with van der Waals surface area (Å²) in [5, 5.41) is 0. The molecule has 0 spiro atoms. The molecular weight excluding hydrogens is 345 g/mol. The van der Waals surface area contributed by atoms with Crippen LogP contribution in [-0.4, -0.2) is 9.64 Å². The summed E-state index contributed by atoms with van der Waals surface area (Å²) in [6.45, 7) is 16.2. The predicted molar refractivity (Wildman–Crippen MR) is 95.2 cm³/mol. The van der Waals surface area contributed by atoms with Crippen LogP contribution in [0.25, 0.3) is 0 Å². The molecule has 0 aromatic carbocycles. The summed E-state index contributed by atoms with van der Waals surface area (Å²) in [7, 11) is 0. The van der Waals surface area contributed by atoms with E-state index in [0.29, 0.717) is 11.3 Å². The topological polar surface area (TPSA) is 12.4 Å². The number of allylic oxidation sites excluding steroid dienone is 3. The Kier molecular flexibility index (Phi) is 5.09. The number of hydrogen-bond donors (Lipinski definition) is 0. The molecule has 108 valence electrons. The normalized spacial score (nSPS) is 24.6. The van der Waals surface area contributed by atoms with Gasteiger partial charge in [0.1, 0.15) is 0 Å². The van der Waals surface area contributed by atoms with E-state index in [0.717, 1.165) is 0 Å². The van der Waals surface area contributed by atoms with Crippen LogP contribution in [0, 0.1) is 16.7 Å². The third-order valence-corrected chi connectivity index (χ3v) is 5.01. The zero-order valence-corrected chi connectivity index (χ0v) is 15.6. The Morgan fingerprint density at radius 1 is 1.26 bits per heavy atom. The zero-order valence-electron chi connectivity index (χ0n) is 13.4. The number of nitrogens with zero attached hydrogens (tertiary/aromatic N) is 1. The molecule has 0 aromatic heterocycles. The van der Waals surface area contributed by atoms with Crippen LogP contribution in [-0.2, 0) is 0 Å². The summed E-state index contributed by atoms with van der Waals surface area (Å²) < 4.78 is 0.0274. The molecule has 1 heterocycles. The molecular formula is C17H28IN. The van der Waals surface area contributed by atoms with Crippen LogP contribution in [0.3, 0.4) is 0 Å². The van der Waals surface area contributed by atoms with E-state index in [-0.39, 0.29) is 8.84 Å². The standard InChI is InChI=1S/C17H28IN/c1-13(2)15(3,4)11-16(5,6)14-8-9-17(7,18)12-19-10-14/h8-10,12-13H,11H2,1-7H3. The quantitative estimate of drug-likeness (QED) is 0.436. The van der Waals surface area contributed by atoms with Crippen LogP contribution < -0.4 is 0 Å². The van der Waals surface area contributed by atoms with E-state index in [9.17, 15) is 0 Å². The highest BCUT2D eigenvalue weighted by atomic mass is 127. The van der Waals surface area contributed by atoms with Crippen LogP contribution in [0.15, 0.2) is 28.9 Å². The molecule has 1 aliphatic rings. The molecule has 2 heteroatoms. The van der Waals surface area contributed by atoms with Crippen LogP contribution in [0.4, 0.5) is 0 Å². The van der Waals surface area contributed by atoms with Gasteiger partial charge < -0.3 is 0 Å². The molecule has 1 unspecified atom stereocenters. The molecule has 19 heavy (non-hydrogen) atoms. The number of aliphatic imine (C=N–C) groups is 1. The van der Waals surface area contributed by atoms with Gasteiger partial charge in [-0.1, -0.05) is 76.3 Å². The lowest BCUT2D eigenvalue weighted by molar-refractivity contribution is 0.163. The lowest BCUT2D eigenvalue weighted by Gasteiger charge is -2.38. The number of rotatable bonds is 4. The molecule has 0 saturated heterocycles. The van der Waals surface area contributed by atoms with Gasteiger partial charge in [0, 0.05) is 12.4 Å². The third kappa shape index (κ3) is 4.73. The minimum absolute atomic E-state index is 0.0274. The maximum Gasteiger partial charge on any atom is 0.0727 e. The van der Waals surface area contributed by atoms with Gasteiger partial charge in [-0.15, -0.1) is 0 Å². The molecule has 0 saturated carbocycles. The predicted octanol–water partition coefficient (Wildman–Crippen LogP) is 5.80.